The molecule has 2 bridgehead atoms. The quantitative estimate of drug-likeness (QED) is 0.521. The van der Waals surface area contributed by atoms with Gasteiger partial charge in [0.15, 0.2) is 0 Å². The number of imide groups is 1. The molecule has 3 aromatic carbocycles. The van der Waals surface area contributed by atoms with E-state index in [0.717, 1.165) is 22.4 Å². The Morgan fingerprint density at radius 3 is 1.84 bits per heavy atom. The molecule has 1 saturated heterocycles. The Kier molecular flexibility index (Phi) is 3.56. The highest BCUT2D eigenvalue weighted by molar-refractivity contribution is 6.24. The highest BCUT2D eigenvalue weighted by Gasteiger charge is 2.66. The van der Waals surface area contributed by atoms with Gasteiger partial charge < -0.3 is 0 Å². The van der Waals surface area contributed by atoms with E-state index in [9.17, 15) is 9.59 Å². The molecular formula is C28H25NO2. The van der Waals surface area contributed by atoms with Gasteiger partial charge in [0, 0.05) is 11.3 Å². The van der Waals surface area contributed by atoms with Crippen molar-refractivity contribution in [3.05, 3.63) is 99.6 Å². The van der Waals surface area contributed by atoms with Gasteiger partial charge in [-0.25, -0.2) is 4.90 Å². The van der Waals surface area contributed by atoms with Crippen LogP contribution in [0.4, 0.5) is 5.69 Å². The van der Waals surface area contributed by atoms with E-state index in [1.807, 2.05) is 32.9 Å². The maximum Gasteiger partial charge on any atom is 0.238 e. The van der Waals surface area contributed by atoms with Gasteiger partial charge in [-0.2, -0.15) is 0 Å². The molecule has 1 heterocycles. The summed E-state index contributed by atoms with van der Waals surface area (Å²) in [6.07, 6.45) is 0. The van der Waals surface area contributed by atoms with Crippen molar-refractivity contribution in [2.75, 3.05) is 4.90 Å². The maximum absolute atomic E-state index is 14.1. The Morgan fingerprint density at radius 2 is 1.29 bits per heavy atom. The van der Waals surface area contributed by atoms with Gasteiger partial charge in [0.05, 0.1) is 17.5 Å². The summed E-state index contributed by atoms with van der Waals surface area (Å²) in [7, 11) is 0. The van der Waals surface area contributed by atoms with E-state index >= 15 is 0 Å². The zero-order valence-electron chi connectivity index (χ0n) is 18.3. The third-order valence-electron chi connectivity index (χ3n) is 7.90. The van der Waals surface area contributed by atoms with E-state index in [4.69, 9.17) is 0 Å². The number of aryl methyl sites for hydroxylation is 3. The highest BCUT2D eigenvalue weighted by atomic mass is 16.2. The lowest BCUT2D eigenvalue weighted by molar-refractivity contribution is -0.123. The van der Waals surface area contributed by atoms with Crippen molar-refractivity contribution in [2.24, 2.45) is 11.8 Å². The Hall–Kier alpha value is -3.20. The molecule has 154 valence electrons. The summed E-state index contributed by atoms with van der Waals surface area (Å²) in [5, 5.41) is 0. The number of benzene rings is 3. The topological polar surface area (TPSA) is 37.4 Å². The van der Waals surface area contributed by atoms with Crippen LogP contribution in [-0.4, -0.2) is 11.8 Å². The summed E-state index contributed by atoms with van der Waals surface area (Å²) in [5.74, 6) is -0.920. The lowest BCUT2D eigenvalue weighted by Crippen LogP contribution is -2.51. The molecule has 4 aliphatic rings. The summed E-state index contributed by atoms with van der Waals surface area (Å²) in [6.45, 7) is 8.21. The fourth-order valence-electron chi connectivity index (χ4n) is 6.90. The molecule has 3 aliphatic carbocycles. The molecule has 0 spiro atoms. The van der Waals surface area contributed by atoms with Crippen LogP contribution in [0.2, 0.25) is 0 Å². The fraction of sp³-hybridized carbons (Fsp3) is 0.286. The van der Waals surface area contributed by atoms with Gasteiger partial charge in [0.2, 0.25) is 11.8 Å². The van der Waals surface area contributed by atoms with Crippen molar-refractivity contribution < 1.29 is 9.59 Å². The minimum atomic E-state index is -0.513. The lowest BCUT2D eigenvalue weighted by atomic mass is 9.48. The van der Waals surface area contributed by atoms with Crippen LogP contribution < -0.4 is 4.90 Å². The van der Waals surface area contributed by atoms with Crippen molar-refractivity contribution in [1.29, 1.82) is 0 Å². The molecule has 2 unspecified atom stereocenters. The number of anilines is 1. The van der Waals surface area contributed by atoms with Gasteiger partial charge in [-0.15, -0.1) is 0 Å². The van der Waals surface area contributed by atoms with E-state index in [2.05, 4.69) is 55.5 Å². The molecule has 0 N–H and O–H groups in total. The predicted molar refractivity (Wildman–Crippen MR) is 121 cm³/mol. The van der Waals surface area contributed by atoms with Crippen LogP contribution in [0.5, 0.6) is 0 Å². The Morgan fingerprint density at radius 1 is 0.774 bits per heavy atom. The van der Waals surface area contributed by atoms with Gasteiger partial charge in [0.1, 0.15) is 0 Å². The van der Waals surface area contributed by atoms with Gasteiger partial charge in [-0.1, -0.05) is 73.2 Å². The molecule has 1 fully saturated rings. The number of amides is 2. The summed E-state index contributed by atoms with van der Waals surface area (Å²) >= 11 is 0. The second kappa shape index (κ2) is 5.94. The van der Waals surface area contributed by atoms with Crippen molar-refractivity contribution in [2.45, 2.75) is 39.0 Å². The van der Waals surface area contributed by atoms with Crippen LogP contribution in [0.1, 0.15) is 51.8 Å². The van der Waals surface area contributed by atoms with Gasteiger partial charge in [-0.3, -0.25) is 9.59 Å². The number of carbonyl (C=O) groups is 2. The third kappa shape index (κ3) is 2.09. The van der Waals surface area contributed by atoms with Crippen LogP contribution in [0.15, 0.2) is 60.7 Å². The molecule has 3 aromatic rings. The van der Waals surface area contributed by atoms with Crippen molar-refractivity contribution in [3.63, 3.8) is 0 Å². The maximum atomic E-state index is 14.1. The second-order valence-electron chi connectivity index (χ2n) is 9.62. The smallest absolute Gasteiger partial charge is 0.238 e. The normalized spacial score (nSPS) is 27.9. The van der Waals surface area contributed by atoms with Crippen LogP contribution in [0.25, 0.3) is 0 Å². The van der Waals surface area contributed by atoms with Gasteiger partial charge in [-0.05, 0) is 54.2 Å². The number of hydrogen-bond acceptors (Lipinski definition) is 2. The Bertz CT molecular complexity index is 1230. The Labute approximate surface area is 182 Å². The zero-order chi connectivity index (χ0) is 21.7. The van der Waals surface area contributed by atoms with Crippen molar-refractivity contribution in [3.8, 4) is 0 Å². The van der Waals surface area contributed by atoms with Crippen LogP contribution >= 0.6 is 0 Å². The minimum Gasteiger partial charge on any atom is -0.274 e. The summed E-state index contributed by atoms with van der Waals surface area (Å²) in [5.41, 5.74) is 8.14. The lowest BCUT2D eigenvalue weighted by Gasteiger charge is -2.52. The van der Waals surface area contributed by atoms with Crippen LogP contribution in [0.3, 0.4) is 0 Å². The largest absolute Gasteiger partial charge is 0.274 e. The number of nitrogens with zero attached hydrogens (tertiary/aromatic N) is 1. The molecule has 3 heteroatoms. The molecular weight excluding hydrogens is 382 g/mol. The molecule has 31 heavy (non-hydrogen) atoms. The average molecular weight is 408 g/mol. The van der Waals surface area contributed by atoms with E-state index in [1.165, 1.54) is 27.2 Å². The molecule has 0 saturated carbocycles. The van der Waals surface area contributed by atoms with Crippen molar-refractivity contribution in [1.82, 2.24) is 0 Å². The minimum absolute atomic E-state index is 0.0507. The fourth-order valence-corrected chi connectivity index (χ4v) is 6.90. The molecule has 2 atom stereocenters. The first-order valence-corrected chi connectivity index (χ1v) is 11.0. The van der Waals surface area contributed by atoms with E-state index in [-0.39, 0.29) is 29.6 Å². The first-order valence-electron chi connectivity index (χ1n) is 11.0. The standard InChI is InChI=1S/C28H25NO2/c1-15-13-16(2)25(17(3)14-15)29-26(30)23-22-18-9-5-7-11-20(18)28(4,24(23)27(29)31)21-12-8-6-10-19(21)22/h5-14,22-24H,1-4H3. The first kappa shape index (κ1) is 18.6. The van der Waals surface area contributed by atoms with Crippen LogP contribution in [-0.2, 0) is 15.0 Å². The highest BCUT2D eigenvalue weighted by Crippen LogP contribution is 2.64. The van der Waals surface area contributed by atoms with E-state index < -0.39 is 5.41 Å². The number of hydrogen-bond donors (Lipinski definition) is 0. The monoisotopic (exact) mass is 407 g/mol. The Balaban J connectivity index is 1.62. The summed E-state index contributed by atoms with van der Waals surface area (Å²) < 4.78 is 0. The first-order chi connectivity index (χ1) is 14.9. The SMILES string of the molecule is Cc1cc(C)c(N2C(=O)C3C4c5ccccc5C(C)(c5ccccc54)C3C2=O)c(C)c1. The second-order valence-corrected chi connectivity index (χ2v) is 9.62. The molecule has 7 rings (SSSR count). The van der Waals surface area contributed by atoms with E-state index in [1.54, 1.807) is 0 Å². The third-order valence-corrected chi connectivity index (χ3v) is 7.90. The molecule has 3 nitrogen and oxygen atoms in total. The molecule has 2 amide bonds. The predicted octanol–water partition coefficient (Wildman–Crippen LogP) is 5.18. The zero-order valence-corrected chi connectivity index (χ0v) is 18.3. The van der Waals surface area contributed by atoms with Gasteiger partial charge in [0.25, 0.3) is 0 Å². The van der Waals surface area contributed by atoms with Gasteiger partial charge >= 0.3 is 0 Å². The van der Waals surface area contributed by atoms with E-state index in [0.29, 0.717) is 0 Å². The van der Waals surface area contributed by atoms with Crippen molar-refractivity contribution >= 4 is 17.5 Å². The molecule has 1 aliphatic heterocycles. The van der Waals surface area contributed by atoms with Crippen LogP contribution in [0, 0.1) is 32.6 Å². The average Bonchev–Trinajstić information content (AvgIpc) is 3.00. The molecule has 0 aromatic heterocycles. The number of carbonyl (C=O) groups excluding carboxylic acids is 2. The number of rotatable bonds is 1. The summed E-state index contributed by atoms with van der Waals surface area (Å²) in [6, 6.07) is 20.9. The molecule has 0 radical (unpaired) electrons. The summed E-state index contributed by atoms with van der Waals surface area (Å²) in [4.78, 5) is 29.6.